The summed E-state index contributed by atoms with van der Waals surface area (Å²) >= 11 is 7.82. The number of thiophene rings is 1. The van der Waals surface area contributed by atoms with Crippen LogP contribution in [0.1, 0.15) is 38.5 Å². The van der Waals surface area contributed by atoms with E-state index in [4.69, 9.17) is 11.6 Å². The molecular weight excluding hydrogens is 302 g/mol. The average molecular weight is 316 g/mol. The third-order valence-corrected chi connectivity index (χ3v) is 5.68. The van der Waals surface area contributed by atoms with Crippen molar-refractivity contribution in [2.45, 2.75) is 25.7 Å². The van der Waals surface area contributed by atoms with E-state index in [9.17, 15) is 4.79 Å². The smallest absolute Gasteiger partial charge is 0.205 e. The van der Waals surface area contributed by atoms with Crippen molar-refractivity contribution in [2.24, 2.45) is 0 Å². The standard InChI is InChI=1S/C17H14ClNOS/c18-13-6-3-5-11-12(9-19-16(11)13)17(20)15-8-10-4-1-2-7-14(10)21-15/h3,5-6,8-9,19H,1-2,4,7H2. The molecule has 1 N–H and O–H groups in total. The van der Waals surface area contributed by atoms with Gasteiger partial charge in [-0.25, -0.2) is 0 Å². The normalized spacial score (nSPS) is 14.3. The van der Waals surface area contributed by atoms with Gasteiger partial charge in [0, 0.05) is 22.0 Å². The number of aryl methyl sites for hydroxylation is 2. The molecule has 2 aromatic heterocycles. The fourth-order valence-electron chi connectivity index (χ4n) is 3.04. The summed E-state index contributed by atoms with van der Waals surface area (Å²) < 4.78 is 0. The van der Waals surface area contributed by atoms with Gasteiger partial charge in [-0.2, -0.15) is 0 Å². The molecule has 4 heteroatoms. The summed E-state index contributed by atoms with van der Waals surface area (Å²) in [6.45, 7) is 0. The molecule has 0 saturated carbocycles. The summed E-state index contributed by atoms with van der Waals surface area (Å²) in [5.74, 6) is 0.0999. The Morgan fingerprint density at radius 3 is 2.95 bits per heavy atom. The number of aromatic nitrogens is 1. The lowest BCUT2D eigenvalue weighted by Crippen LogP contribution is -1.97. The lowest BCUT2D eigenvalue weighted by atomic mass is 9.98. The SMILES string of the molecule is O=C(c1cc2c(s1)CCCC2)c1c[nH]c2c(Cl)cccc12. The van der Waals surface area contributed by atoms with Crippen LogP contribution in [0.4, 0.5) is 0 Å². The molecule has 1 aromatic carbocycles. The highest BCUT2D eigenvalue weighted by Gasteiger charge is 2.20. The second kappa shape index (κ2) is 5.00. The van der Waals surface area contributed by atoms with E-state index in [0.717, 1.165) is 28.6 Å². The van der Waals surface area contributed by atoms with Crippen molar-refractivity contribution in [1.29, 1.82) is 0 Å². The third kappa shape index (κ3) is 2.12. The zero-order valence-electron chi connectivity index (χ0n) is 11.4. The molecule has 0 bridgehead atoms. The van der Waals surface area contributed by atoms with Crippen LogP contribution in [0.2, 0.25) is 5.02 Å². The topological polar surface area (TPSA) is 32.9 Å². The molecule has 3 aromatic rings. The van der Waals surface area contributed by atoms with Gasteiger partial charge in [-0.05, 0) is 43.4 Å². The second-order valence-electron chi connectivity index (χ2n) is 5.46. The molecule has 0 saturated heterocycles. The van der Waals surface area contributed by atoms with Crippen LogP contribution in [0.5, 0.6) is 0 Å². The molecule has 0 radical (unpaired) electrons. The van der Waals surface area contributed by atoms with Gasteiger partial charge in [0.15, 0.2) is 0 Å². The zero-order valence-corrected chi connectivity index (χ0v) is 13.0. The first-order valence-corrected chi connectivity index (χ1v) is 8.35. The minimum Gasteiger partial charge on any atom is -0.359 e. The molecular formula is C17H14ClNOS. The number of para-hydroxylation sites is 1. The highest BCUT2D eigenvalue weighted by Crippen LogP contribution is 2.33. The number of rotatable bonds is 2. The van der Waals surface area contributed by atoms with Crippen molar-refractivity contribution in [1.82, 2.24) is 4.98 Å². The Morgan fingerprint density at radius 2 is 2.10 bits per heavy atom. The second-order valence-corrected chi connectivity index (χ2v) is 7.00. The van der Waals surface area contributed by atoms with E-state index in [2.05, 4.69) is 11.1 Å². The van der Waals surface area contributed by atoms with Gasteiger partial charge in [-0.1, -0.05) is 23.7 Å². The van der Waals surface area contributed by atoms with Crippen LogP contribution in [0.15, 0.2) is 30.5 Å². The molecule has 4 rings (SSSR count). The Balaban J connectivity index is 1.79. The minimum atomic E-state index is 0.0999. The van der Waals surface area contributed by atoms with Gasteiger partial charge in [-0.3, -0.25) is 4.79 Å². The molecule has 0 unspecified atom stereocenters. The lowest BCUT2D eigenvalue weighted by Gasteiger charge is -2.08. The fraction of sp³-hybridized carbons (Fsp3) is 0.235. The van der Waals surface area contributed by atoms with E-state index in [1.165, 1.54) is 23.3 Å². The molecule has 0 fully saturated rings. The van der Waals surface area contributed by atoms with E-state index in [-0.39, 0.29) is 5.78 Å². The molecule has 0 atom stereocenters. The van der Waals surface area contributed by atoms with Crippen LogP contribution in [0.25, 0.3) is 10.9 Å². The van der Waals surface area contributed by atoms with Gasteiger partial charge < -0.3 is 4.98 Å². The van der Waals surface area contributed by atoms with Crippen molar-refractivity contribution in [3.05, 3.63) is 56.4 Å². The van der Waals surface area contributed by atoms with E-state index in [1.54, 1.807) is 17.5 Å². The number of hydrogen-bond acceptors (Lipinski definition) is 2. The van der Waals surface area contributed by atoms with Crippen LogP contribution in [0, 0.1) is 0 Å². The highest BCUT2D eigenvalue weighted by molar-refractivity contribution is 7.14. The first-order chi connectivity index (χ1) is 10.2. The molecule has 0 aliphatic heterocycles. The number of halogens is 1. The van der Waals surface area contributed by atoms with E-state index >= 15 is 0 Å². The number of fused-ring (bicyclic) bond motifs is 2. The highest BCUT2D eigenvalue weighted by atomic mass is 35.5. The zero-order chi connectivity index (χ0) is 14.4. The summed E-state index contributed by atoms with van der Waals surface area (Å²) in [6.07, 6.45) is 6.48. The maximum absolute atomic E-state index is 12.8. The third-order valence-electron chi connectivity index (χ3n) is 4.13. The minimum absolute atomic E-state index is 0.0999. The van der Waals surface area contributed by atoms with Gasteiger partial charge in [0.2, 0.25) is 5.78 Å². The fourth-order valence-corrected chi connectivity index (χ4v) is 4.48. The number of carbonyl (C=O) groups excluding carboxylic acids is 1. The predicted octanol–water partition coefficient (Wildman–Crippen LogP) is 4.99. The summed E-state index contributed by atoms with van der Waals surface area (Å²) in [5.41, 5.74) is 2.92. The summed E-state index contributed by atoms with van der Waals surface area (Å²) in [7, 11) is 0. The van der Waals surface area contributed by atoms with Crippen molar-refractivity contribution in [2.75, 3.05) is 0 Å². The van der Waals surface area contributed by atoms with Crippen LogP contribution in [0.3, 0.4) is 0 Å². The van der Waals surface area contributed by atoms with Gasteiger partial charge in [0.25, 0.3) is 0 Å². The van der Waals surface area contributed by atoms with Crippen LogP contribution in [-0.2, 0) is 12.8 Å². The van der Waals surface area contributed by atoms with E-state index in [0.29, 0.717) is 10.6 Å². The van der Waals surface area contributed by atoms with Gasteiger partial charge >= 0.3 is 0 Å². The quantitative estimate of drug-likeness (QED) is 0.664. The first kappa shape index (κ1) is 13.1. The number of carbonyl (C=O) groups is 1. The number of benzene rings is 1. The number of H-pyrrole nitrogens is 1. The van der Waals surface area contributed by atoms with Crippen molar-refractivity contribution < 1.29 is 4.79 Å². The number of hydrogen-bond donors (Lipinski definition) is 1. The monoisotopic (exact) mass is 315 g/mol. The van der Waals surface area contributed by atoms with Crippen LogP contribution in [-0.4, -0.2) is 10.8 Å². The molecule has 0 amide bonds. The number of nitrogens with one attached hydrogen (secondary N) is 1. The van der Waals surface area contributed by atoms with Crippen molar-refractivity contribution in [3.63, 3.8) is 0 Å². The van der Waals surface area contributed by atoms with Gasteiger partial charge in [0.05, 0.1) is 15.4 Å². The largest absolute Gasteiger partial charge is 0.359 e. The molecule has 2 nitrogen and oxygen atoms in total. The molecule has 0 spiro atoms. The molecule has 2 heterocycles. The molecule has 106 valence electrons. The lowest BCUT2D eigenvalue weighted by molar-refractivity contribution is 0.104. The van der Waals surface area contributed by atoms with Gasteiger partial charge in [0.1, 0.15) is 0 Å². The van der Waals surface area contributed by atoms with Gasteiger partial charge in [-0.15, -0.1) is 11.3 Å². The van der Waals surface area contributed by atoms with Crippen LogP contribution < -0.4 is 0 Å². The van der Waals surface area contributed by atoms with E-state index < -0.39 is 0 Å². The predicted molar refractivity (Wildman–Crippen MR) is 87.7 cm³/mol. The van der Waals surface area contributed by atoms with Crippen LogP contribution >= 0.6 is 22.9 Å². The number of aromatic amines is 1. The maximum Gasteiger partial charge on any atom is 0.205 e. The molecule has 21 heavy (non-hydrogen) atoms. The first-order valence-electron chi connectivity index (χ1n) is 7.16. The Hall–Kier alpha value is -1.58. The number of ketones is 1. The summed E-state index contributed by atoms with van der Waals surface area (Å²) in [5, 5.41) is 1.55. The Morgan fingerprint density at radius 1 is 1.24 bits per heavy atom. The Bertz CT molecular complexity index is 822. The molecule has 1 aliphatic carbocycles. The Labute approximate surface area is 131 Å². The summed E-state index contributed by atoms with van der Waals surface area (Å²) in [6, 6.07) is 7.75. The Kier molecular flexibility index (Phi) is 3.12. The van der Waals surface area contributed by atoms with Crippen molar-refractivity contribution >= 4 is 39.6 Å². The maximum atomic E-state index is 12.8. The summed E-state index contributed by atoms with van der Waals surface area (Å²) in [4.78, 5) is 18.2. The molecule has 1 aliphatic rings. The van der Waals surface area contributed by atoms with E-state index in [1.807, 2.05) is 18.2 Å². The average Bonchev–Trinajstić information content (AvgIpc) is 3.11. The van der Waals surface area contributed by atoms with Crippen molar-refractivity contribution in [3.8, 4) is 0 Å².